The fourth-order valence-electron chi connectivity index (χ4n) is 3.80. The molecular formula is C22H21BrN6O6S2. The quantitative estimate of drug-likeness (QED) is 0.345. The Hall–Kier alpha value is -2.90. The first-order chi connectivity index (χ1) is 17.8. The Morgan fingerprint density at radius 2 is 2.11 bits per heavy atom. The average molecular weight is 609 g/mol. The van der Waals surface area contributed by atoms with Crippen molar-refractivity contribution in [2.24, 2.45) is 0 Å². The molecule has 12 nitrogen and oxygen atoms in total. The van der Waals surface area contributed by atoms with E-state index in [0.29, 0.717) is 20.1 Å². The maximum atomic E-state index is 12.1. The van der Waals surface area contributed by atoms with Gasteiger partial charge in [-0.2, -0.15) is 5.26 Å². The number of ether oxygens (including phenoxy) is 4. The molecule has 3 aromatic heterocycles. The molecule has 0 radical (unpaired) electrons. The summed E-state index contributed by atoms with van der Waals surface area (Å²) < 4.78 is 25.3. The molecule has 37 heavy (non-hydrogen) atoms. The third-order valence-electron chi connectivity index (χ3n) is 5.28. The molecule has 194 valence electrons. The van der Waals surface area contributed by atoms with Crippen LogP contribution in [0.25, 0.3) is 10.7 Å². The summed E-state index contributed by atoms with van der Waals surface area (Å²) in [6.45, 7) is 2.36. The van der Waals surface area contributed by atoms with Gasteiger partial charge in [-0.1, -0.05) is 17.0 Å². The van der Waals surface area contributed by atoms with Gasteiger partial charge in [0.1, 0.15) is 47.1 Å². The van der Waals surface area contributed by atoms with Crippen LogP contribution in [-0.4, -0.2) is 74.4 Å². The van der Waals surface area contributed by atoms with E-state index in [4.69, 9.17) is 18.9 Å². The van der Waals surface area contributed by atoms with Gasteiger partial charge in [-0.15, -0.1) is 16.4 Å². The lowest BCUT2D eigenvalue weighted by molar-refractivity contribution is -0.208. The lowest BCUT2D eigenvalue weighted by Crippen LogP contribution is -2.57. The topological polar surface area (TPSA) is 151 Å². The highest BCUT2D eigenvalue weighted by Gasteiger charge is 2.50. The zero-order valence-corrected chi connectivity index (χ0v) is 23.0. The number of nitrogens with zero attached hydrogens (tertiary/aromatic N) is 6. The van der Waals surface area contributed by atoms with Gasteiger partial charge in [-0.25, -0.2) is 14.6 Å². The van der Waals surface area contributed by atoms with Crippen molar-refractivity contribution in [3.8, 4) is 16.8 Å². The smallest absolute Gasteiger partial charge is 0.303 e. The van der Waals surface area contributed by atoms with E-state index in [1.807, 2.05) is 5.38 Å². The Morgan fingerprint density at radius 1 is 1.30 bits per heavy atom. The minimum absolute atomic E-state index is 0.187. The molecule has 0 aromatic carbocycles. The number of aromatic nitrogens is 5. The maximum Gasteiger partial charge on any atom is 0.303 e. The molecule has 0 amide bonds. The monoisotopic (exact) mass is 608 g/mol. The molecular weight excluding hydrogens is 588 g/mol. The summed E-state index contributed by atoms with van der Waals surface area (Å²) in [5.74, 6) is -1.08. The number of halogens is 1. The Morgan fingerprint density at radius 3 is 2.76 bits per heavy atom. The third kappa shape index (κ3) is 6.33. The largest absolute Gasteiger partial charge is 0.463 e. The second-order valence-electron chi connectivity index (χ2n) is 7.76. The number of methoxy groups -OCH3 is 1. The molecule has 5 atom stereocenters. The molecule has 0 spiro atoms. The summed E-state index contributed by atoms with van der Waals surface area (Å²) in [6.07, 6.45) is 2.31. The standard InChI is InChI=1S/C22H21BrN6O6S2/c1-11(30)33-10-16-19(34-12(2)31)18(29-9-15(27-28-29)21-25-4-5-36-21)20(32-3)22(35-16)37-17-6-13(23)8-26-14(17)7-24/h4-6,8-9,16,18-20,22H,10H2,1-3H3/t16?,18?,19-,20?,22+/m0/s1. The average Bonchev–Trinajstić information content (AvgIpc) is 3.55. The number of hydrogen-bond donors (Lipinski definition) is 0. The summed E-state index contributed by atoms with van der Waals surface area (Å²) in [4.78, 5) is 32.7. The second-order valence-corrected chi connectivity index (χ2v) is 10.7. The summed E-state index contributed by atoms with van der Waals surface area (Å²) >= 11 is 5.99. The van der Waals surface area contributed by atoms with Crippen LogP contribution in [0.1, 0.15) is 25.6 Å². The number of carbonyl (C=O) groups excluding carboxylic acids is 2. The Bertz CT molecular complexity index is 1300. The molecule has 1 aliphatic heterocycles. The van der Waals surface area contributed by atoms with Crippen molar-refractivity contribution in [2.45, 2.75) is 48.5 Å². The molecule has 0 bridgehead atoms. The van der Waals surface area contributed by atoms with E-state index < -0.39 is 41.7 Å². The summed E-state index contributed by atoms with van der Waals surface area (Å²) in [6, 6.07) is 3.09. The summed E-state index contributed by atoms with van der Waals surface area (Å²) in [5.41, 5.74) is -0.00615. The number of thioether (sulfide) groups is 1. The van der Waals surface area contributed by atoms with Crippen molar-refractivity contribution in [3.63, 3.8) is 0 Å². The molecule has 0 aliphatic carbocycles. The highest BCUT2D eigenvalue weighted by atomic mass is 79.9. The van der Waals surface area contributed by atoms with E-state index in [9.17, 15) is 14.9 Å². The van der Waals surface area contributed by atoms with Crippen molar-refractivity contribution >= 4 is 51.0 Å². The van der Waals surface area contributed by atoms with Gasteiger partial charge >= 0.3 is 11.9 Å². The fourth-order valence-corrected chi connectivity index (χ4v) is 6.13. The maximum absolute atomic E-state index is 12.1. The number of pyridine rings is 1. The first-order valence-electron chi connectivity index (χ1n) is 10.8. The zero-order valence-electron chi connectivity index (χ0n) is 19.8. The van der Waals surface area contributed by atoms with Gasteiger partial charge in [0.25, 0.3) is 0 Å². The van der Waals surface area contributed by atoms with Gasteiger partial charge in [0.05, 0.1) is 6.20 Å². The SMILES string of the molecule is COC1C(n2cc(-c3nccs3)nn2)[C@@H](OC(C)=O)C(COC(C)=O)O[C@@H]1Sc1cc(Br)cnc1C#N. The predicted molar refractivity (Wildman–Crippen MR) is 134 cm³/mol. The van der Waals surface area contributed by atoms with Crippen LogP contribution in [0.3, 0.4) is 0 Å². The van der Waals surface area contributed by atoms with E-state index in [1.54, 1.807) is 23.1 Å². The molecule has 1 saturated heterocycles. The van der Waals surface area contributed by atoms with E-state index in [1.165, 1.54) is 50.3 Å². The van der Waals surface area contributed by atoms with E-state index in [2.05, 4.69) is 42.3 Å². The number of carbonyl (C=O) groups is 2. The van der Waals surface area contributed by atoms with Crippen LogP contribution in [0.4, 0.5) is 0 Å². The number of nitriles is 1. The first-order valence-corrected chi connectivity index (χ1v) is 13.4. The molecule has 15 heteroatoms. The molecule has 4 heterocycles. The fraction of sp³-hybridized carbons (Fsp3) is 0.409. The second kappa shape index (κ2) is 12.1. The van der Waals surface area contributed by atoms with Crippen LogP contribution in [0.5, 0.6) is 0 Å². The molecule has 0 N–H and O–H groups in total. The summed E-state index contributed by atoms with van der Waals surface area (Å²) in [5, 5.41) is 20.6. The van der Waals surface area contributed by atoms with Crippen molar-refractivity contribution in [1.82, 2.24) is 25.0 Å². The molecule has 3 unspecified atom stereocenters. The highest BCUT2D eigenvalue weighted by molar-refractivity contribution is 9.10. The molecule has 3 aromatic rings. The third-order valence-corrected chi connectivity index (χ3v) is 7.68. The van der Waals surface area contributed by atoms with Crippen LogP contribution in [0.15, 0.2) is 39.4 Å². The van der Waals surface area contributed by atoms with Crippen molar-refractivity contribution < 1.29 is 28.5 Å². The minimum Gasteiger partial charge on any atom is -0.463 e. The zero-order chi connectivity index (χ0) is 26.5. The summed E-state index contributed by atoms with van der Waals surface area (Å²) in [7, 11) is 1.49. The molecule has 4 rings (SSSR count). The van der Waals surface area contributed by atoms with Crippen LogP contribution in [-0.2, 0) is 28.5 Å². The van der Waals surface area contributed by atoms with Crippen LogP contribution >= 0.6 is 39.0 Å². The Kier molecular flexibility index (Phi) is 8.87. The van der Waals surface area contributed by atoms with Crippen LogP contribution in [0, 0.1) is 11.3 Å². The van der Waals surface area contributed by atoms with Crippen LogP contribution < -0.4 is 0 Å². The number of esters is 2. The van der Waals surface area contributed by atoms with Gasteiger partial charge in [0.2, 0.25) is 0 Å². The van der Waals surface area contributed by atoms with Crippen LogP contribution in [0.2, 0.25) is 0 Å². The van der Waals surface area contributed by atoms with Gasteiger partial charge in [-0.3, -0.25) is 9.59 Å². The first kappa shape index (κ1) is 27.1. The number of rotatable bonds is 8. The Labute approximate surface area is 228 Å². The van der Waals surface area contributed by atoms with Crippen molar-refractivity contribution in [1.29, 1.82) is 5.26 Å². The molecule has 1 fully saturated rings. The van der Waals surface area contributed by atoms with Gasteiger partial charge in [-0.05, 0) is 22.0 Å². The molecule has 0 saturated carbocycles. The lowest BCUT2D eigenvalue weighted by atomic mass is 9.96. The van der Waals surface area contributed by atoms with E-state index in [-0.39, 0.29) is 12.3 Å². The van der Waals surface area contributed by atoms with Gasteiger partial charge in [0, 0.05) is 48.1 Å². The van der Waals surface area contributed by atoms with Gasteiger partial charge < -0.3 is 18.9 Å². The highest BCUT2D eigenvalue weighted by Crippen LogP contribution is 2.42. The Balaban J connectivity index is 1.76. The molecule has 1 aliphatic rings. The normalized spacial score (nSPS) is 23.3. The minimum atomic E-state index is -0.944. The number of hydrogen-bond acceptors (Lipinski definition) is 13. The van der Waals surface area contributed by atoms with Crippen molar-refractivity contribution in [2.75, 3.05) is 13.7 Å². The predicted octanol–water partition coefficient (Wildman–Crippen LogP) is 3.00. The van der Waals surface area contributed by atoms with E-state index >= 15 is 0 Å². The van der Waals surface area contributed by atoms with Crippen molar-refractivity contribution in [3.05, 3.63) is 40.2 Å². The lowest BCUT2D eigenvalue weighted by Gasteiger charge is -2.44. The van der Waals surface area contributed by atoms with E-state index in [0.717, 1.165) is 0 Å². The number of thiazole rings is 1. The van der Waals surface area contributed by atoms with Gasteiger partial charge in [0.15, 0.2) is 11.8 Å².